The summed E-state index contributed by atoms with van der Waals surface area (Å²) in [7, 11) is 0. The maximum Gasteiger partial charge on any atom is 0.0921 e. The maximum atomic E-state index is 8.82. The zero-order chi connectivity index (χ0) is 7.68. The van der Waals surface area contributed by atoms with E-state index in [4.69, 9.17) is 5.26 Å². The van der Waals surface area contributed by atoms with Gasteiger partial charge in [0.1, 0.15) is 0 Å². The Morgan fingerprint density at radius 1 is 1.73 bits per heavy atom. The van der Waals surface area contributed by atoms with E-state index in [1.807, 2.05) is 5.38 Å². The Morgan fingerprint density at radius 3 is 3.00 bits per heavy atom. The zero-order valence-corrected chi connectivity index (χ0v) is 6.84. The molecule has 0 aliphatic heterocycles. The molecule has 0 aromatic carbocycles. The summed E-state index contributed by atoms with van der Waals surface area (Å²) in [6.45, 7) is 0. The number of rotatable bonds is 2. The van der Waals surface area contributed by atoms with Crippen LogP contribution in [-0.2, 0) is 0 Å². The molecule has 0 spiro atoms. The molecule has 0 bridgehead atoms. The second kappa shape index (κ2) is 2.63. The van der Waals surface area contributed by atoms with Gasteiger partial charge in [-0.15, -0.1) is 11.3 Å². The topological polar surface area (TPSA) is 36.7 Å². The molecule has 1 aliphatic rings. The lowest BCUT2D eigenvalue weighted by molar-refractivity contribution is 0.722. The molecule has 0 amide bonds. The first kappa shape index (κ1) is 6.81. The second-order valence-electron chi connectivity index (χ2n) is 2.86. The van der Waals surface area contributed by atoms with Crippen molar-refractivity contribution in [2.24, 2.45) is 5.92 Å². The highest BCUT2D eigenvalue weighted by Gasteiger charge is 2.33. The molecule has 1 unspecified atom stereocenters. The molecular weight excluding hydrogens is 156 g/mol. The third-order valence-corrected chi connectivity index (χ3v) is 2.61. The highest BCUT2D eigenvalue weighted by atomic mass is 32.1. The van der Waals surface area contributed by atoms with Crippen LogP contribution >= 0.6 is 11.3 Å². The van der Waals surface area contributed by atoms with Gasteiger partial charge < -0.3 is 0 Å². The van der Waals surface area contributed by atoms with E-state index in [1.165, 1.54) is 12.8 Å². The van der Waals surface area contributed by atoms with Crippen LogP contribution in [0.25, 0.3) is 0 Å². The summed E-state index contributed by atoms with van der Waals surface area (Å²) in [5, 5.41) is 10.8. The van der Waals surface area contributed by atoms with Gasteiger partial charge in [-0.25, -0.2) is 4.98 Å². The fourth-order valence-corrected chi connectivity index (χ4v) is 1.81. The molecule has 1 aliphatic carbocycles. The maximum absolute atomic E-state index is 8.82. The first-order valence-electron chi connectivity index (χ1n) is 3.69. The fraction of sp³-hybridized carbons (Fsp3) is 0.500. The van der Waals surface area contributed by atoms with Crippen molar-refractivity contribution < 1.29 is 0 Å². The Balaban J connectivity index is 2.19. The standard InChI is InChI=1S/C8H8N2S/c9-3-7(6-1-2-6)8-4-11-5-10-8/h4-7H,1-2H2. The predicted octanol–water partition coefficient (Wildman–Crippen LogP) is 2.16. The first-order valence-corrected chi connectivity index (χ1v) is 4.64. The van der Waals surface area contributed by atoms with Crippen LogP contribution in [0.3, 0.4) is 0 Å². The Bertz CT molecular complexity index is 269. The third kappa shape index (κ3) is 1.26. The number of hydrogen-bond donors (Lipinski definition) is 0. The largest absolute Gasteiger partial charge is 0.248 e. The normalized spacial score (nSPS) is 19.2. The van der Waals surface area contributed by atoms with Crippen LogP contribution in [0, 0.1) is 17.2 Å². The summed E-state index contributed by atoms with van der Waals surface area (Å²) in [5.74, 6) is 0.670. The predicted molar refractivity (Wildman–Crippen MR) is 43.2 cm³/mol. The molecule has 1 aromatic rings. The number of aromatic nitrogens is 1. The molecule has 2 rings (SSSR count). The van der Waals surface area contributed by atoms with Crippen LogP contribution in [-0.4, -0.2) is 4.98 Å². The van der Waals surface area contributed by atoms with Crippen LogP contribution in [0.1, 0.15) is 24.5 Å². The monoisotopic (exact) mass is 164 g/mol. The van der Waals surface area contributed by atoms with Crippen molar-refractivity contribution >= 4 is 11.3 Å². The minimum atomic E-state index is 0.0706. The number of thiazole rings is 1. The third-order valence-electron chi connectivity index (χ3n) is 2.00. The van der Waals surface area contributed by atoms with E-state index in [2.05, 4.69) is 11.1 Å². The molecule has 11 heavy (non-hydrogen) atoms. The first-order chi connectivity index (χ1) is 5.42. The summed E-state index contributed by atoms with van der Waals surface area (Å²) in [6, 6.07) is 2.31. The van der Waals surface area contributed by atoms with Crippen molar-refractivity contribution in [3.63, 3.8) is 0 Å². The van der Waals surface area contributed by atoms with Gasteiger partial charge in [0.25, 0.3) is 0 Å². The molecule has 2 nitrogen and oxygen atoms in total. The highest BCUT2D eigenvalue weighted by Crippen LogP contribution is 2.41. The lowest BCUT2D eigenvalue weighted by Gasteiger charge is -2.00. The van der Waals surface area contributed by atoms with Crippen LogP contribution < -0.4 is 0 Å². The van der Waals surface area contributed by atoms with Gasteiger partial charge in [-0.2, -0.15) is 5.26 Å². The van der Waals surface area contributed by atoms with E-state index in [9.17, 15) is 0 Å². The number of nitrogens with zero attached hydrogens (tertiary/aromatic N) is 2. The zero-order valence-electron chi connectivity index (χ0n) is 6.03. The summed E-state index contributed by atoms with van der Waals surface area (Å²) in [6.07, 6.45) is 2.41. The lowest BCUT2D eigenvalue weighted by Crippen LogP contribution is -1.97. The van der Waals surface area contributed by atoms with E-state index >= 15 is 0 Å². The van der Waals surface area contributed by atoms with E-state index in [0.29, 0.717) is 5.92 Å². The molecule has 1 atom stereocenters. The Hall–Kier alpha value is -0.880. The minimum Gasteiger partial charge on any atom is -0.248 e. The van der Waals surface area contributed by atoms with E-state index in [-0.39, 0.29) is 5.92 Å². The molecule has 0 radical (unpaired) electrons. The smallest absolute Gasteiger partial charge is 0.0921 e. The van der Waals surface area contributed by atoms with Crippen molar-refractivity contribution in [3.05, 3.63) is 16.6 Å². The molecule has 1 saturated carbocycles. The van der Waals surface area contributed by atoms with E-state index < -0.39 is 0 Å². The van der Waals surface area contributed by atoms with Gasteiger partial charge in [0.15, 0.2) is 0 Å². The van der Waals surface area contributed by atoms with Crippen LogP contribution in [0.4, 0.5) is 0 Å². The highest BCUT2D eigenvalue weighted by molar-refractivity contribution is 7.07. The van der Waals surface area contributed by atoms with E-state index in [1.54, 1.807) is 16.8 Å². The van der Waals surface area contributed by atoms with E-state index in [0.717, 1.165) is 5.69 Å². The SMILES string of the molecule is N#CC(c1cscn1)C1CC1. The van der Waals surface area contributed by atoms with Gasteiger partial charge in [-0.1, -0.05) is 0 Å². The van der Waals surface area contributed by atoms with Crippen molar-refractivity contribution in [1.29, 1.82) is 5.26 Å². The molecule has 1 heterocycles. The van der Waals surface area contributed by atoms with Crippen molar-refractivity contribution in [3.8, 4) is 6.07 Å². The van der Waals surface area contributed by atoms with Gasteiger partial charge in [0.2, 0.25) is 0 Å². The molecule has 56 valence electrons. The molecule has 1 fully saturated rings. The number of hydrogen-bond acceptors (Lipinski definition) is 3. The van der Waals surface area contributed by atoms with Crippen LogP contribution in [0.5, 0.6) is 0 Å². The quantitative estimate of drug-likeness (QED) is 0.671. The van der Waals surface area contributed by atoms with Gasteiger partial charge in [0, 0.05) is 5.38 Å². The molecular formula is C8H8N2S. The Kier molecular flexibility index (Phi) is 1.63. The minimum absolute atomic E-state index is 0.0706. The summed E-state index contributed by atoms with van der Waals surface area (Å²) in [4.78, 5) is 4.14. The van der Waals surface area contributed by atoms with Gasteiger partial charge in [-0.05, 0) is 18.8 Å². The van der Waals surface area contributed by atoms with Gasteiger partial charge in [0.05, 0.1) is 23.2 Å². The molecule has 0 saturated heterocycles. The van der Waals surface area contributed by atoms with Crippen molar-refractivity contribution in [2.75, 3.05) is 0 Å². The van der Waals surface area contributed by atoms with Crippen molar-refractivity contribution in [1.82, 2.24) is 4.98 Å². The average Bonchev–Trinajstić information content (AvgIpc) is 2.68. The molecule has 3 heteroatoms. The number of nitriles is 1. The Morgan fingerprint density at radius 2 is 2.55 bits per heavy atom. The van der Waals surface area contributed by atoms with Gasteiger partial charge >= 0.3 is 0 Å². The van der Waals surface area contributed by atoms with Crippen LogP contribution in [0.15, 0.2) is 10.9 Å². The molecule has 0 N–H and O–H groups in total. The summed E-state index contributed by atoms with van der Waals surface area (Å²) in [5.41, 5.74) is 2.77. The van der Waals surface area contributed by atoms with Crippen LogP contribution in [0.2, 0.25) is 0 Å². The summed E-state index contributed by atoms with van der Waals surface area (Å²) < 4.78 is 0. The van der Waals surface area contributed by atoms with Gasteiger partial charge in [-0.3, -0.25) is 0 Å². The second-order valence-corrected chi connectivity index (χ2v) is 3.58. The fourth-order valence-electron chi connectivity index (χ4n) is 1.22. The lowest BCUT2D eigenvalue weighted by atomic mass is 10.0. The Labute approximate surface area is 69.5 Å². The molecule has 1 aromatic heterocycles. The van der Waals surface area contributed by atoms with Crippen molar-refractivity contribution in [2.45, 2.75) is 18.8 Å². The summed E-state index contributed by atoms with van der Waals surface area (Å²) >= 11 is 1.57. The average molecular weight is 164 g/mol.